The number of ether oxygens (including phenoxy) is 2. The zero-order valence-corrected chi connectivity index (χ0v) is 11.0. The van der Waals surface area contributed by atoms with Crippen LogP contribution in [-0.4, -0.2) is 48.3 Å². The maximum Gasteiger partial charge on any atom is 0.248 e. The first-order chi connectivity index (χ1) is 8.74. The van der Waals surface area contributed by atoms with Gasteiger partial charge in [-0.05, 0) is 19.1 Å². The number of amides is 1. The lowest BCUT2D eigenvalue weighted by Gasteiger charge is -2.23. The summed E-state index contributed by atoms with van der Waals surface area (Å²) >= 11 is 0. The van der Waals surface area contributed by atoms with E-state index in [0.717, 1.165) is 12.2 Å². The maximum atomic E-state index is 12.0. The van der Waals surface area contributed by atoms with Crippen molar-refractivity contribution in [1.82, 2.24) is 9.47 Å². The molecule has 0 N–H and O–H groups in total. The molecule has 0 bridgehead atoms. The number of hydrogen-bond donors (Lipinski definition) is 0. The van der Waals surface area contributed by atoms with Crippen LogP contribution < -0.4 is 0 Å². The lowest BCUT2D eigenvalue weighted by atomic mass is 10.3. The van der Waals surface area contributed by atoms with E-state index in [2.05, 4.69) is 4.57 Å². The third-order valence-corrected chi connectivity index (χ3v) is 3.12. The van der Waals surface area contributed by atoms with Gasteiger partial charge in [0.15, 0.2) is 0 Å². The molecule has 1 aromatic heterocycles. The monoisotopic (exact) mass is 252 g/mol. The van der Waals surface area contributed by atoms with E-state index in [-0.39, 0.29) is 18.6 Å². The highest BCUT2D eigenvalue weighted by Crippen LogP contribution is 2.15. The first-order valence-electron chi connectivity index (χ1n) is 6.27. The molecule has 0 aliphatic carbocycles. The molecule has 0 radical (unpaired) electrons. The fourth-order valence-electron chi connectivity index (χ4n) is 2.30. The molecule has 0 saturated carbocycles. The lowest BCUT2D eigenvalue weighted by Crippen LogP contribution is -2.39. The number of rotatable bonds is 4. The molecular weight excluding hydrogens is 232 g/mol. The van der Waals surface area contributed by atoms with Crippen LogP contribution in [0.2, 0.25) is 0 Å². The Morgan fingerprint density at radius 1 is 1.50 bits per heavy atom. The summed E-state index contributed by atoms with van der Waals surface area (Å²) < 4.78 is 12.8. The summed E-state index contributed by atoms with van der Waals surface area (Å²) in [5.41, 5.74) is 1.14. The normalized spacial score (nSPS) is 19.4. The van der Waals surface area contributed by atoms with Crippen LogP contribution in [0.5, 0.6) is 0 Å². The Kier molecular flexibility index (Phi) is 4.38. The quantitative estimate of drug-likeness (QED) is 0.799. The highest BCUT2D eigenvalue weighted by atomic mass is 16.5. The highest BCUT2D eigenvalue weighted by Gasteiger charge is 2.24. The lowest BCUT2D eigenvalue weighted by molar-refractivity contribution is -0.137. The Morgan fingerprint density at radius 3 is 3.06 bits per heavy atom. The van der Waals surface area contributed by atoms with Gasteiger partial charge in [-0.25, -0.2) is 0 Å². The third-order valence-electron chi connectivity index (χ3n) is 3.12. The van der Waals surface area contributed by atoms with Gasteiger partial charge in [0.25, 0.3) is 0 Å². The molecule has 100 valence electrons. The van der Waals surface area contributed by atoms with Gasteiger partial charge in [-0.3, -0.25) is 4.79 Å². The number of carbonyl (C=O) groups is 1. The SMILES string of the molecule is CCO[C@H]1CN(C(=O)COC)Cc2cccn2C1. The third kappa shape index (κ3) is 2.91. The van der Waals surface area contributed by atoms with Crippen molar-refractivity contribution in [3.05, 3.63) is 24.0 Å². The summed E-state index contributed by atoms with van der Waals surface area (Å²) in [6, 6.07) is 4.05. The largest absolute Gasteiger partial charge is 0.375 e. The number of hydrogen-bond acceptors (Lipinski definition) is 3. The van der Waals surface area contributed by atoms with Gasteiger partial charge < -0.3 is 18.9 Å². The Morgan fingerprint density at radius 2 is 2.33 bits per heavy atom. The Hall–Kier alpha value is -1.33. The van der Waals surface area contributed by atoms with Crippen molar-refractivity contribution in [2.45, 2.75) is 26.1 Å². The molecule has 1 aliphatic heterocycles. The van der Waals surface area contributed by atoms with E-state index in [9.17, 15) is 4.79 Å². The predicted octanol–water partition coefficient (Wildman–Crippen LogP) is 0.882. The molecule has 5 nitrogen and oxygen atoms in total. The summed E-state index contributed by atoms with van der Waals surface area (Å²) in [6.45, 7) is 4.80. The maximum absolute atomic E-state index is 12.0. The van der Waals surface area contributed by atoms with Crippen molar-refractivity contribution in [3.8, 4) is 0 Å². The predicted molar refractivity (Wildman–Crippen MR) is 67.1 cm³/mol. The summed E-state index contributed by atoms with van der Waals surface area (Å²) in [7, 11) is 1.54. The second-order valence-electron chi connectivity index (χ2n) is 4.44. The van der Waals surface area contributed by atoms with Crippen LogP contribution in [0.25, 0.3) is 0 Å². The van der Waals surface area contributed by atoms with Crippen molar-refractivity contribution in [3.63, 3.8) is 0 Å². The molecule has 18 heavy (non-hydrogen) atoms. The number of fused-ring (bicyclic) bond motifs is 1. The fraction of sp³-hybridized carbons (Fsp3) is 0.615. The zero-order chi connectivity index (χ0) is 13.0. The van der Waals surface area contributed by atoms with Crippen molar-refractivity contribution in [2.75, 3.05) is 26.9 Å². The average molecular weight is 252 g/mol. The van der Waals surface area contributed by atoms with Gasteiger partial charge in [-0.1, -0.05) is 0 Å². The van der Waals surface area contributed by atoms with Gasteiger partial charge in [0, 0.05) is 32.2 Å². The summed E-state index contributed by atoms with van der Waals surface area (Å²) in [5.74, 6) is 0.0110. The van der Waals surface area contributed by atoms with Crippen LogP contribution >= 0.6 is 0 Å². The second kappa shape index (κ2) is 6.02. The molecule has 1 atom stereocenters. The zero-order valence-electron chi connectivity index (χ0n) is 11.0. The molecule has 1 aromatic rings. The fourth-order valence-corrected chi connectivity index (χ4v) is 2.30. The van der Waals surface area contributed by atoms with Gasteiger partial charge in [0.2, 0.25) is 5.91 Å². The van der Waals surface area contributed by atoms with E-state index in [4.69, 9.17) is 9.47 Å². The molecule has 0 saturated heterocycles. The summed E-state index contributed by atoms with van der Waals surface area (Å²) in [6.07, 6.45) is 2.08. The number of nitrogens with zero attached hydrogens (tertiary/aromatic N) is 2. The van der Waals surface area contributed by atoms with Crippen LogP contribution in [0.3, 0.4) is 0 Å². The summed E-state index contributed by atoms with van der Waals surface area (Å²) in [4.78, 5) is 13.8. The molecular formula is C13H20N2O3. The van der Waals surface area contributed by atoms with Gasteiger partial charge in [-0.2, -0.15) is 0 Å². The molecule has 1 amide bonds. The van der Waals surface area contributed by atoms with E-state index in [1.165, 1.54) is 0 Å². The first-order valence-corrected chi connectivity index (χ1v) is 6.27. The van der Waals surface area contributed by atoms with Crippen molar-refractivity contribution < 1.29 is 14.3 Å². The Labute approximate surface area is 107 Å². The molecule has 0 unspecified atom stereocenters. The van der Waals surface area contributed by atoms with Crippen molar-refractivity contribution >= 4 is 5.91 Å². The number of carbonyl (C=O) groups excluding carboxylic acids is 1. The van der Waals surface area contributed by atoms with Crippen molar-refractivity contribution in [1.29, 1.82) is 0 Å². The molecule has 0 fully saturated rings. The van der Waals surface area contributed by atoms with Gasteiger partial charge in [0.1, 0.15) is 6.61 Å². The molecule has 0 aromatic carbocycles. The number of methoxy groups -OCH3 is 1. The highest BCUT2D eigenvalue weighted by molar-refractivity contribution is 5.77. The minimum Gasteiger partial charge on any atom is -0.375 e. The van der Waals surface area contributed by atoms with E-state index in [1.807, 2.05) is 30.2 Å². The van der Waals surface area contributed by atoms with E-state index in [1.54, 1.807) is 7.11 Å². The Bertz CT molecular complexity index is 403. The van der Waals surface area contributed by atoms with Crippen LogP contribution in [0.1, 0.15) is 12.6 Å². The second-order valence-corrected chi connectivity index (χ2v) is 4.44. The molecule has 2 rings (SSSR count). The molecule has 1 aliphatic rings. The standard InChI is InChI=1S/C13H20N2O3/c1-3-18-12-8-14-6-4-5-11(14)7-15(9-12)13(16)10-17-2/h4-6,12H,3,7-10H2,1-2H3/t12-/m1/s1. The van der Waals surface area contributed by atoms with Crippen LogP contribution in [0.15, 0.2) is 18.3 Å². The van der Waals surface area contributed by atoms with Gasteiger partial charge in [-0.15, -0.1) is 0 Å². The van der Waals surface area contributed by atoms with Crippen LogP contribution in [-0.2, 0) is 27.4 Å². The van der Waals surface area contributed by atoms with E-state index in [0.29, 0.717) is 19.7 Å². The minimum atomic E-state index is 0.0110. The number of aromatic nitrogens is 1. The van der Waals surface area contributed by atoms with E-state index < -0.39 is 0 Å². The van der Waals surface area contributed by atoms with E-state index >= 15 is 0 Å². The minimum absolute atomic E-state index is 0.0110. The molecule has 0 spiro atoms. The topological polar surface area (TPSA) is 43.7 Å². The average Bonchev–Trinajstić information content (AvgIpc) is 2.69. The molecule has 2 heterocycles. The first kappa shape index (κ1) is 13.1. The van der Waals surface area contributed by atoms with Crippen LogP contribution in [0, 0.1) is 0 Å². The van der Waals surface area contributed by atoms with Gasteiger partial charge in [0.05, 0.1) is 19.2 Å². The smallest absolute Gasteiger partial charge is 0.248 e. The molecule has 5 heteroatoms. The van der Waals surface area contributed by atoms with Crippen molar-refractivity contribution in [2.24, 2.45) is 0 Å². The summed E-state index contributed by atoms with van der Waals surface area (Å²) in [5, 5.41) is 0. The van der Waals surface area contributed by atoms with Crippen LogP contribution in [0.4, 0.5) is 0 Å². The Balaban J connectivity index is 2.14. The van der Waals surface area contributed by atoms with Gasteiger partial charge >= 0.3 is 0 Å².